The van der Waals surface area contributed by atoms with Gasteiger partial charge in [-0.2, -0.15) is 0 Å². The highest BCUT2D eigenvalue weighted by molar-refractivity contribution is 7.22. The molecule has 0 amide bonds. The predicted molar refractivity (Wildman–Crippen MR) is 234 cm³/mol. The van der Waals surface area contributed by atoms with Crippen LogP contribution in [0.3, 0.4) is 0 Å². The van der Waals surface area contributed by atoms with Crippen molar-refractivity contribution in [3.8, 4) is 11.5 Å². The van der Waals surface area contributed by atoms with Gasteiger partial charge < -0.3 is 9.15 Å². The number of nitrogens with zero attached hydrogens (tertiary/aromatic N) is 4. The number of rotatable bonds is 5. The Morgan fingerprint density at radius 2 is 1.21 bits per heavy atom. The Morgan fingerprint density at radius 1 is 0.509 bits per heavy atom. The lowest BCUT2D eigenvalue weighted by Crippen LogP contribution is -2.77. The monoisotopic (exact) mass is 748 g/mol. The molecule has 0 bridgehead atoms. The molecule has 0 fully saturated rings. The van der Waals surface area contributed by atoms with Gasteiger partial charge in [-0.05, 0) is 81.6 Å². The number of aromatic nitrogens is 3. The Balaban J connectivity index is 1.14. The van der Waals surface area contributed by atoms with Crippen LogP contribution in [0.5, 0.6) is 11.5 Å². The maximum absolute atomic E-state index is 6.99. The molecular formula is C50H32N4O2Si. The number of anilines is 3. The molecule has 1 aliphatic rings. The Labute approximate surface area is 328 Å². The summed E-state index contributed by atoms with van der Waals surface area (Å²) < 4.78 is 16.0. The number of pyridine rings is 2. The summed E-state index contributed by atoms with van der Waals surface area (Å²) in [4.78, 5) is 12.0. The van der Waals surface area contributed by atoms with Crippen molar-refractivity contribution < 1.29 is 9.15 Å². The molecule has 0 aliphatic carbocycles. The summed E-state index contributed by atoms with van der Waals surface area (Å²) in [6.07, 6.45) is 5.74. The van der Waals surface area contributed by atoms with E-state index in [2.05, 4.69) is 167 Å². The van der Waals surface area contributed by atoms with Gasteiger partial charge in [0.25, 0.3) is 0 Å². The molecule has 5 heterocycles. The van der Waals surface area contributed by atoms with E-state index in [-0.39, 0.29) is 0 Å². The fraction of sp³-hybridized carbons (Fsp3) is 0. The molecular weight excluding hydrogens is 717 g/mol. The van der Waals surface area contributed by atoms with Crippen LogP contribution in [0.15, 0.2) is 199 Å². The molecule has 0 spiro atoms. The third kappa shape index (κ3) is 4.57. The molecule has 57 heavy (non-hydrogen) atoms. The van der Waals surface area contributed by atoms with Gasteiger partial charge in [-0.25, -0.2) is 9.97 Å². The molecule has 0 atom stereocenters. The second-order valence-corrected chi connectivity index (χ2v) is 18.3. The summed E-state index contributed by atoms with van der Waals surface area (Å²) in [7, 11) is -3.11. The van der Waals surface area contributed by atoms with Crippen molar-refractivity contribution in [2.45, 2.75) is 0 Å². The SMILES string of the molecule is c1ccc([Si]2(c3ccccc3)c3ccc(Oc4ccc5c6ccccc6n6ccnc6c5c4)cc3N(c3ccccn3)c3ccc4c(oc5ccccc54)c32)cc1. The fourth-order valence-corrected chi connectivity index (χ4v) is 14.5. The fourth-order valence-electron chi connectivity index (χ4n) is 9.30. The molecule has 0 saturated heterocycles. The smallest absolute Gasteiger partial charge is 0.188 e. The van der Waals surface area contributed by atoms with E-state index in [1.165, 1.54) is 26.1 Å². The average molecular weight is 749 g/mol. The van der Waals surface area contributed by atoms with Crippen molar-refractivity contribution in [3.05, 3.63) is 195 Å². The van der Waals surface area contributed by atoms with Gasteiger partial charge in [0.15, 0.2) is 8.07 Å². The summed E-state index contributed by atoms with van der Waals surface area (Å²) in [5.74, 6) is 2.28. The molecule has 12 rings (SSSR count). The van der Waals surface area contributed by atoms with Crippen LogP contribution in [0.2, 0.25) is 0 Å². The third-order valence-corrected chi connectivity index (χ3v) is 16.5. The van der Waals surface area contributed by atoms with E-state index in [0.717, 1.165) is 72.6 Å². The molecule has 7 aromatic carbocycles. The largest absolute Gasteiger partial charge is 0.457 e. The minimum absolute atomic E-state index is 0.728. The van der Waals surface area contributed by atoms with E-state index in [4.69, 9.17) is 19.1 Å². The molecule has 6 nitrogen and oxygen atoms in total. The molecule has 4 aromatic heterocycles. The highest BCUT2D eigenvalue weighted by Crippen LogP contribution is 2.43. The standard InChI is InChI=1S/C50H32N4O2Si/c1-3-13-35(14-4-1)57(36-15-5-2-6-16-36)46-27-23-34(55-33-22-24-37-38-17-7-9-19-42(38)53-30-29-52-50(53)41(37)31-33)32-44(46)54(47-21-11-12-28-51-47)43-26-25-40-39-18-8-10-20-45(39)56-48(40)49(43)57/h1-32H. The first-order valence-corrected chi connectivity index (χ1v) is 21.1. The number of fused-ring (bicyclic) bond motifs is 12. The van der Waals surface area contributed by atoms with Crippen molar-refractivity contribution in [2.75, 3.05) is 4.90 Å². The normalized spacial score (nSPS) is 13.4. The van der Waals surface area contributed by atoms with Crippen LogP contribution in [0.1, 0.15) is 0 Å². The lowest BCUT2D eigenvalue weighted by molar-refractivity contribution is 0.484. The Hall–Kier alpha value is -7.48. The van der Waals surface area contributed by atoms with E-state index >= 15 is 0 Å². The first kappa shape index (κ1) is 31.8. The Kier molecular flexibility index (Phi) is 6.85. The summed E-state index contributed by atoms with van der Waals surface area (Å²) in [6, 6.07) is 62.3. The van der Waals surface area contributed by atoms with E-state index in [1.54, 1.807) is 0 Å². The van der Waals surface area contributed by atoms with E-state index < -0.39 is 8.07 Å². The van der Waals surface area contributed by atoms with Gasteiger partial charge >= 0.3 is 0 Å². The van der Waals surface area contributed by atoms with Gasteiger partial charge in [-0.15, -0.1) is 0 Å². The van der Waals surface area contributed by atoms with E-state index in [0.29, 0.717) is 0 Å². The zero-order valence-corrected chi connectivity index (χ0v) is 31.6. The molecule has 0 N–H and O–H groups in total. The van der Waals surface area contributed by atoms with Crippen molar-refractivity contribution in [2.24, 2.45) is 0 Å². The molecule has 0 radical (unpaired) electrons. The topological polar surface area (TPSA) is 55.8 Å². The number of hydrogen-bond donors (Lipinski definition) is 0. The number of para-hydroxylation sites is 2. The van der Waals surface area contributed by atoms with Gasteiger partial charge in [-0.3, -0.25) is 9.30 Å². The van der Waals surface area contributed by atoms with Crippen LogP contribution in [-0.4, -0.2) is 22.4 Å². The van der Waals surface area contributed by atoms with Crippen LogP contribution in [0.4, 0.5) is 17.2 Å². The lowest BCUT2D eigenvalue weighted by Gasteiger charge is -2.44. The second-order valence-electron chi connectivity index (χ2n) is 14.6. The van der Waals surface area contributed by atoms with Gasteiger partial charge in [0, 0.05) is 51.4 Å². The van der Waals surface area contributed by atoms with Gasteiger partial charge in [0.1, 0.15) is 34.1 Å². The third-order valence-electron chi connectivity index (χ3n) is 11.6. The quantitative estimate of drug-likeness (QED) is 0.130. The zero-order valence-electron chi connectivity index (χ0n) is 30.6. The Bertz CT molecular complexity index is 3300. The molecule has 0 unspecified atom stereocenters. The predicted octanol–water partition coefficient (Wildman–Crippen LogP) is 9.89. The lowest BCUT2D eigenvalue weighted by atomic mass is 10.1. The first-order chi connectivity index (χ1) is 28.3. The highest BCUT2D eigenvalue weighted by atomic mass is 28.3. The van der Waals surface area contributed by atoms with Crippen molar-refractivity contribution in [1.29, 1.82) is 0 Å². The summed E-state index contributed by atoms with van der Waals surface area (Å²) in [5.41, 5.74) is 5.88. The van der Waals surface area contributed by atoms with Crippen LogP contribution in [0, 0.1) is 0 Å². The first-order valence-electron chi connectivity index (χ1n) is 19.1. The maximum atomic E-state index is 6.99. The second kappa shape index (κ2) is 12.3. The number of imidazole rings is 1. The summed E-state index contributed by atoms with van der Waals surface area (Å²) in [6.45, 7) is 0. The van der Waals surface area contributed by atoms with Gasteiger partial charge in [0.2, 0.25) is 0 Å². The highest BCUT2D eigenvalue weighted by Gasteiger charge is 2.51. The molecule has 7 heteroatoms. The molecule has 1 aliphatic heterocycles. The van der Waals surface area contributed by atoms with Gasteiger partial charge in [-0.1, -0.05) is 109 Å². The van der Waals surface area contributed by atoms with E-state index in [1.807, 2.05) is 36.8 Å². The van der Waals surface area contributed by atoms with Crippen LogP contribution < -0.4 is 30.4 Å². The van der Waals surface area contributed by atoms with Crippen molar-refractivity contribution in [1.82, 2.24) is 14.4 Å². The molecule has 11 aromatic rings. The van der Waals surface area contributed by atoms with Crippen LogP contribution in [-0.2, 0) is 0 Å². The van der Waals surface area contributed by atoms with Gasteiger partial charge in [0.05, 0.1) is 16.9 Å². The summed E-state index contributed by atoms with van der Waals surface area (Å²) >= 11 is 0. The Morgan fingerprint density at radius 3 is 2.02 bits per heavy atom. The van der Waals surface area contributed by atoms with Crippen molar-refractivity contribution >= 4 is 95.3 Å². The van der Waals surface area contributed by atoms with E-state index in [9.17, 15) is 0 Å². The molecule has 268 valence electrons. The average Bonchev–Trinajstić information content (AvgIpc) is 3.93. The number of hydrogen-bond acceptors (Lipinski definition) is 5. The number of furan rings is 1. The van der Waals surface area contributed by atoms with Crippen LogP contribution >= 0.6 is 0 Å². The minimum Gasteiger partial charge on any atom is -0.457 e. The zero-order chi connectivity index (χ0) is 37.5. The number of ether oxygens (including phenoxy) is 1. The maximum Gasteiger partial charge on any atom is 0.188 e. The molecule has 0 saturated carbocycles. The van der Waals surface area contributed by atoms with Crippen LogP contribution in [0.25, 0.3) is 49.3 Å². The minimum atomic E-state index is -3.11. The summed E-state index contributed by atoms with van der Waals surface area (Å²) in [5, 5.41) is 10.5. The number of benzene rings is 7. The van der Waals surface area contributed by atoms with Crippen molar-refractivity contribution in [3.63, 3.8) is 0 Å².